The molecule has 0 saturated heterocycles. The minimum atomic E-state index is -1.33. The summed E-state index contributed by atoms with van der Waals surface area (Å²) in [6.45, 7) is 4.61. The number of carbonyl (C=O) groups is 1. The first-order valence-corrected chi connectivity index (χ1v) is 4.89. The van der Waals surface area contributed by atoms with E-state index in [1.807, 2.05) is 38.1 Å². The van der Waals surface area contributed by atoms with E-state index >= 15 is 0 Å². The maximum Gasteiger partial charge on any atom is 0.402 e. The highest BCUT2D eigenvalue weighted by molar-refractivity contribution is 5.61. The van der Waals surface area contributed by atoms with E-state index in [1.165, 1.54) is 0 Å². The second kappa shape index (κ2) is 7.53. The molecule has 5 heteroatoms. The lowest BCUT2D eigenvalue weighted by molar-refractivity contribution is 0.205. The number of rotatable bonds is 3. The summed E-state index contributed by atoms with van der Waals surface area (Å²) in [5.41, 5.74) is 10.6. The van der Waals surface area contributed by atoms with Crippen molar-refractivity contribution in [2.45, 2.75) is 26.5 Å². The number of nitrogens with two attached hydrogens (primary N) is 2. The van der Waals surface area contributed by atoms with Gasteiger partial charge in [0, 0.05) is 6.54 Å². The van der Waals surface area contributed by atoms with E-state index < -0.39 is 6.09 Å². The Labute approximate surface area is 95.0 Å². The van der Waals surface area contributed by atoms with Crippen LogP contribution >= 0.6 is 0 Å². The van der Waals surface area contributed by atoms with Gasteiger partial charge in [0.25, 0.3) is 0 Å². The SMILES string of the molecule is CC(C)Oc1ccc(CN)cc1.NC(=O)O. The van der Waals surface area contributed by atoms with E-state index in [0.29, 0.717) is 6.54 Å². The van der Waals surface area contributed by atoms with Crippen molar-refractivity contribution in [2.75, 3.05) is 0 Å². The zero-order chi connectivity index (χ0) is 12.6. The molecule has 0 bridgehead atoms. The Kier molecular flexibility index (Phi) is 6.71. The lowest BCUT2D eigenvalue weighted by Gasteiger charge is -2.09. The first kappa shape index (κ1) is 14.2. The fourth-order valence-electron chi connectivity index (χ4n) is 0.976. The molecule has 0 aliphatic carbocycles. The summed E-state index contributed by atoms with van der Waals surface area (Å²) < 4.78 is 5.47. The van der Waals surface area contributed by atoms with Crippen LogP contribution in [0.3, 0.4) is 0 Å². The van der Waals surface area contributed by atoms with Crippen molar-refractivity contribution in [2.24, 2.45) is 11.5 Å². The third kappa shape index (κ3) is 7.64. The Morgan fingerprint density at radius 3 is 2.12 bits per heavy atom. The van der Waals surface area contributed by atoms with Gasteiger partial charge in [-0.3, -0.25) is 0 Å². The van der Waals surface area contributed by atoms with Gasteiger partial charge in [0.05, 0.1) is 6.10 Å². The summed E-state index contributed by atoms with van der Waals surface area (Å²) in [5, 5.41) is 7.19. The number of carboxylic acid groups (broad SMARTS) is 1. The Hall–Kier alpha value is -1.75. The Morgan fingerprint density at radius 1 is 1.38 bits per heavy atom. The summed E-state index contributed by atoms with van der Waals surface area (Å²) in [6.07, 6.45) is -1.10. The molecule has 0 aliphatic rings. The average molecular weight is 226 g/mol. The van der Waals surface area contributed by atoms with Crippen molar-refractivity contribution in [3.05, 3.63) is 29.8 Å². The van der Waals surface area contributed by atoms with Crippen LogP contribution in [-0.2, 0) is 6.54 Å². The highest BCUT2D eigenvalue weighted by Gasteiger charge is 1.96. The molecule has 5 N–H and O–H groups in total. The van der Waals surface area contributed by atoms with Gasteiger partial charge in [-0.05, 0) is 31.5 Å². The number of benzene rings is 1. The zero-order valence-corrected chi connectivity index (χ0v) is 9.51. The molecule has 0 aromatic heterocycles. The van der Waals surface area contributed by atoms with Crippen molar-refractivity contribution >= 4 is 6.09 Å². The minimum absolute atomic E-state index is 0.230. The first-order valence-electron chi connectivity index (χ1n) is 4.89. The monoisotopic (exact) mass is 226 g/mol. The third-order valence-electron chi connectivity index (χ3n) is 1.53. The topological polar surface area (TPSA) is 98.6 Å². The van der Waals surface area contributed by atoms with Crippen LogP contribution in [0.5, 0.6) is 5.75 Å². The molecule has 0 heterocycles. The van der Waals surface area contributed by atoms with Crippen LogP contribution in [0.4, 0.5) is 4.79 Å². The van der Waals surface area contributed by atoms with Crippen LogP contribution in [0, 0.1) is 0 Å². The molecule has 0 fully saturated rings. The predicted octanol–water partition coefficient (Wildman–Crippen LogP) is 1.56. The Balaban J connectivity index is 0.000000487. The Bertz CT molecular complexity index is 306. The molecular formula is C11H18N2O3. The second-order valence-electron chi connectivity index (χ2n) is 3.35. The van der Waals surface area contributed by atoms with Crippen molar-refractivity contribution in [1.29, 1.82) is 0 Å². The number of hydrogen-bond donors (Lipinski definition) is 3. The van der Waals surface area contributed by atoms with Gasteiger partial charge >= 0.3 is 6.09 Å². The highest BCUT2D eigenvalue weighted by Crippen LogP contribution is 2.13. The van der Waals surface area contributed by atoms with E-state index in [1.54, 1.807) is 0 Å². The fraction of sp³-hybridized carbons (Fsp3) is 0.364. The van der Waals surface area contributed by atoms with Gasteiger partial charge in [0.1, 0.15) is 5.75 Å². The standard InChI is InChI=1S/C10H15NO.CH3NO2/c1-8(2)12-10-5-3-9(7-11)4-6-10;2-1(3)4/h3-6,8H,7,11H2,1-2H3;2H2,(H,3,4). The van der Waals surface area contributed by atoms with E-state index in [4.69, 9.17) is 20.4 Å². The van der Waals surface area contributed by atoms with Gasteiger partial charge in [0.2, 0.25) is 0 Å². The number of hydrogen-bond acceptors (Lipinski definition) is 3. The average Bonchev–Trinajstić information content (AvgIpc) is 2.17. The lowest BCUT2D eigenvalue weighted by Crippen LogP contribution is -2.05. The summed E-state index contributed by atoms with van der Waals surface area (Å²) in [6, 6.07) is 7.86. The van der Waals surface area contributed by atoms with Crippen molar-refractivity contribution in [1.82, 2.24) is 0 Å². The smallest absolute Gasteiger partial charge is 0.402 e. The van der Waals surface area contributed by atoms with Gasteiger partial charge in [-0.2, -0.15) is 0 Å². The van der Waals surface area contributed by atoms with Crippen LogP contribution in [0.15, 0.2) is 24.3 Å². The van der Waals surface area contributed by atoms with E-state index in [0.717, 1.165) is 11.3 Å². The zero-order valence-electron chi connectivity index (χ0n) is 9.51. The maximum absolute atomic E-state index is 8.78. The highest BCUT2D eigenvalue weighted by atomic mass is 16.5. The normalized spacial score (nSPS) is 9.25. The Morgan fingerprint density at radius 2 is 1.81 bits per heavy atom. The molecule has 0 radical (unpaired) electrons. The van der Waals surface area contributed by atoms with Crippen molar-refractivity contribution < 1.29 is 14.6 Å². The minimum Gasteiger partial charge on any atom is -0.491 e. The van der Waals surface area contributed by atoms with Gasteiger partial charge in [-0.1, -0.05) is 12.1 Å². The van der Waals surface area contributed by atoms with E-state index in [2.05, 4.69) is 5.73 Å². The molecule has 16 heavy (non-hydrogen) atoms. The van der Waals surface area contributed by atoms with Crippen LogP contribution < -0.4 is 16.2 Å². The molecule has 1 amide bonds. The van der Waals surface area contributed by atoms with Gasteiger partial charge in [-0.15, -0.1) is 0 Å². The van der Waals surface area contributed by atoms with Crippen molar-refractivity contribution in [3.8, 4) is 5.75 Å². The first-order chi connectivity index (χ1) is 7.45. The van der Waals surface area contributed by atoms with E-state index in [-0.39, 0.29) is 6.10 Å². The maximum atomic E-state index is 8.78. The number of primary amides is 1. The molecule has 1 aromatic rings. The van der Waals surface area contributed by atoms with Gasteiger partial charge < -0.3 is 21.3 Å². The largest absolute Gasteiger partial charge is 0.491 e. The second-order valence-corrected chi connectivity index (χ2v) is 3.35. The predicted molar refractivity (Wildman–Crippen MR) is 62.3 cm³/mol. The molecule has 0 unspecified atom stereocenters. The third-order valence-corrected chi connectivity index (χ3v) is 1.53. The molecular weight excluding hydrogens is 208 g/mol. The van der Waals surface area contributed by atoms with Crippen LogP contribution in [0.25, 0.3) is 0 Å². The van der Waals surface area contributed by atoms with Crippen LogP contribution in [-0.4, -0.2) is 17.3 Å². The summed E-state index contributed by atoms with van der Waals surface area (Å²) >= 11 is 0. The summed E-state index contributed by atoms with van der Waals surface area (Å²) in [7, 11) is 0. The molecule has 1 aromatic carbocycles. The summed E-state index contributed by atoms with van der Waals surface area (Å²) in [5.74, 6) is 0.905. The quantitative estimate of drug-likeness (QED) is 0.728. The molecule has 0 saturated carbocycles. The summed E-state index contributed by atoms with van der Waals surface area (Å²) in [4.78, 5) is 8.78. The molecule has 90 valence electrons. The molecule has 0 aliphatic heterocycles. The number of amides is 1. The van der Waals surface area contributed by atoms with Crippen molar-refractivity contribution in [3.63, 3.8) is 0 Å². The van der Waals surface area contributed by atoms with E-state index in [9.17, 15) is 0 Å². The van der Waals surface area contributed by atoms with Gasteiger partial charge in [0.15, 0.2) is 0 Å². The molecule has 1 rings (SSSR count). The fourth-order valence-corrected chi connectivity index (χ4v) is 0.976. The molecule has 5 nitrogen and oxygen atoms in total. The molecule has 0 spiro atoms. The van der Waals surface area contributed by atoms with Crippen LogP contribution in [0.2, 0.25) is 0 Å². The number of ether oxygens (including phenoxy) is 1. The lowest BCUT2D eigenvalue weighted by atomic mass is 10.2. The molecule has 0 atom stereocenters. The van der Waals surface area contributed by atoms with Gasteiger partial charge in [-0.25, -0.2) is 4.79 Å². The van der Waals surface area contributed by atoms with Crippen LogP contribution in [0.1, 0.15) is 19.4 Å².